The topological polar surface area (TPSA) is 78.9 Å². The minimum atomic E-state index is -0.800. The summed E-state index contributed by atoms with van der Waals surface area (Å²) in [5.74, 6) is -0.938. The molecule has 440 valence electrons. The zero-order valence-electron chi connectivity index (χ0n) is 50.4. The zero-order valence-corrected chi connectivity index (χ0v) is 50.4. The van der Waals surface area contributed by atoms with Crippen LogP contribution in [0, 0.1) is 0 Å². The Morgan fingerprint density at radius 1 is 0.273 bits per heavy atom. The van der Waals surface area contributed by atoms with Crippen LogP contribution in [0.15, 0.2) is 109 Å². The van der Waals surface area contributed by atoms with Crippen molar-refractivity contribution in [1.29, 1.82) is 0 Å². The van der Waals surface area contributed by atoms with Crippen molar-refractivity contribution >= 4 is 17.9 Å². The molecule has 0 spiro atoms. The monoisotopic (exact) mass is 1070 g/mol. The predicted octanol–water partition coefficient (Wildman–Crippen LogP) is 22.2. The average Bonchev–Trinajstić information content (AvgIpc) is 3.43. The molecule has 0 aromatic rings. The Morgan fingerprint density at radius 2 is 0.506 bits per heavy atom. The van der Waals surface area contributed by atoms with E-state index in [-0.39, 0.29) is 31.1 Å². The molecule has 0 aromatic carbocycles. The molecule has 0 rings (SSSR count). The van der Waals surface area contributed by atoms with Crippen molar-refractivity contribution in [1.82, 2.24) is 0 Å². The predicted molar refractivity (Wildman–Crippen MR) is 334 cm³/mol. The number of rotatable bonds is 58. The highest BCUT2D eigenvalue weighted by Crippen LogP contribution is 2.16. The lowest BCUT2D eigenvalue weighted by molar-refractivity contribution is -0.167. The maximum Gasteiger partial charge on any atom is 0.306 e. The van der Waals surface area contributed by atoms with Gasteiger partial charge in [0, 0.05) is 19.3 Å². The third-order valence-corrected chi connectivity index (χ3v) is 13.8. The van der Waals surface area contributed by atoms with Crippen LogP contribution in [-0.4, -0.2) is 37.2 Å². The fourth-order valence-corrected chi connectivity index (χ4v) is 8.92. The molecule has 0 saturated heterocycles. The third kappa shape index (κ3) is 62.8. The van der Waals surface area contributed by atoms with Crippen molar-refractivity contribution in [3.05, 3.63) is 109 Å². The molecule has 0 N–H and O–H groups in total. The largest absolute Gasteiger partial charge is 0.462 e. The number of allylic oxidation sites excluding steroid dienone is 18. The fourth-order valence-electron chi connectivity index (χ4n) is 8.92. The van der Waals surface area contributed by atoms with Gasteiger partial charge >= 0.3 is 17.9 Å². The Balaban J connectivity index is 4.43. The molecule has 6 nitrogen and oxygen atoms in total. The number of ether oxygens (including phenoxy) is 3. The second-order valence-electron chi connectivity index (χ2n) is 21.3. The van der Waals surface area contributed by atoms with Crippen LogP contribution < -0.4 is 0 Å². The van der Waals surface area contributed by atoms with E-state index < -0.39 is 6.10 Å². The molecule has 0 radical (unpaired) electrons. The fraction of sp³-hybridized carbons (Fsp3) is 0.704. The van der Waals surface area contributed by atoms with Gasteiger partial charge in [-0.2, -0.15) is 0 Å². The summed E-state index contributed by atoms with van der Waals surface area (Å²) >= 11 is 0. The maximum atomic E-state index is 12.9. The highest BCUT2D eigenvalue weighted by Gasteiger charge is 2.19. The SMILES string of the molecule is CC/C=C\C/C=C\C/C=C\C/C=C\C/C=C\C/C=C\C/C=C\C/C=C\CCCCC(=O)OCC(COC(=O)CCCCCCC/C=C\CCCCCCC)OC(=O)CCCCCCCCCCCCCCCCCCCC. The van der Waals surface area contributed by atoms with Crippen LogP contribution in [0.3, 0.4) is 0 Å². The summed E-state index contributed by atoms with van der Waals surface area (Å²) in [4.78, 5) is 38.3. The Kier molecular flexibility index (Phi) is 61.3. The van der Waals surface area contributed by atoms with Gasteiger partial charge in [0.25, 0.3) is 0 Å². The lowest BCUT2D eigenvalue weighted by Crippen LogP contribution is -2.30. The van der Waals surface area contributed by atoms with E-state index in [9.17, 15) is 14.4 Å². The highest BCUT2D eigenvalue weighted by molar-refractivity contribution is 5.71. The molecule has 0 aromatic heterocycles. The van der Waals surface area contributed by atoms with E-state index in [4.69, 9.17) is 14.2 Å². The number of hydrogen-bond donors (Lipinski definition) is 0. The number of carbonyl (C=O) groups is 3. The highest BCUT2D eigenvalue weighted by atomic mass is 16.6. The first-order chi connectivity index (χ1) is 38.0. The van der Waals surface area contributed by atoms with Gasteiger partial charge in [0.05, 0.1) is 0 Å². The van der Waals surface area contributed by atoms with Crippen LogP contribution in [0.2, 0.25) is 0 Å². The molecule has 0 aliphatic carbocycles. The summed E-state index contributed by atoms with van der Waals surface area (Å²) in [5.41, 5.74) is 0. The molecule has 1 unspecified atom stereocenters. The smallest absolute Gasteiger partial charge is 0.306 e. The van der Waals surface area contributed by atoms with Gasteiger partial charge in [0.15, 0.2) is 6.10 Å². The number of esters is 3. The van der Waals surface area contributed by atoms with Crippen LogP contribution in [0.4, 0.5) is 0 Å². The molecular formula is C71H120O6. The van der Waals surface area contributed by atoms with Gasteiger partial charge in [-0.15, -0.1) is 0 Å². The van der Waals surface area contributed by atoms with Gasteiger partial charge in [0.1, 0.15) is 13.2 Å². The van der Waals surface area contributed by atoms with Gasteiger partial charge in [-0.05, 0) is 109 Å². The van der Waals surface area contributed by atoms with Crippen LogP contribution >= 0.6 is 0 Å². The van der Waals surface area contributed by atoms with E-state index in [1.165, 1.54) is 148 Å². The third-order valence-electron chi connectivity index (χ3n) is 13.8. The van der Waals surface area contributed by atoms with E-state index in [1.807, 2.05) is 0 Å². The van der Waals surface area contributed by atoms with Crippen molar-refractivity contribution in [2.45, 2.75) is 309 Å². The zero-order chi connectivity index (χ0) is 55.7. The van der Waals surface area contributed by atoms with E-state index in [0.29, 0.717) is 19.3 Å². The summed E-state index contributed by atoms with van der Waals surface area (Å²) in [5, 5.41) is 0. The lowest BCUT2D eigenvalue weighted by atomic mass is 10.0. The van der Waals surface area contributed by atoms with Crippen LogP contribution in [-0.2, 0) is 28.6 Å². The molecule has 0 heterocycles. The Labute approximate surface area is 476 Å². The summed E-state index contributed by atoms with van der Waals surface area (Å²) in [6.45, 7) is 6.50. The van der Waals surface area contributed by atoms with E-state index in [1.54, 1.807) is 0 Å². The number of unbranched alkanes of at least 4 members (excludes halogenated alkanes) is 29. The molecular weight excluding hydrogens is 949 g/mol. The summed E-state index contributed by atoms with van der Waals surface area (Å²) in [6, 6.07) is 0. The van der Waals surface area contributed by atoms with Crippen molar-refractivity contribution < 1.29 is 28.6 Å². The summed E-state index contributed by atoms with van der Waals surface area (Å²) in [7, 11) is 0. The molecule has 0 fully saturated rings. The second-order valence-corrected chi connectivity index (χ2v) is 21.3. The maximum absolute atomic E-state index is 12.9. The normalized spacial score (nSPS) is 12.8. The lowest BCUT2D eigenvalue weighted by Gasteiger charge is -2.18. The summed E-state index contributed by atoms with van der Waals surface area (Å²) in [6.07, 6.45) is 88.1. The summed E-state index contributed by atoms with van der Waals surface area (Å²) < 4.78 is 16.9. The number of carbonyl (C=O) groups excluding carboxylic acids is 3. The molecule has 0 amide bonds. The molecule has 0 aliphatic rings. The second kappa shape index (κ2) is 64.6. The van der Waals surface area contributed by atoms with Crippen molar-refractivity contribution in [3.8, 4) is 0 Å². The van der Waals surface area contributed by atoms with Crippen molar-refractivity contribution in [2.75, 3.05) is 13.2 Å². The van der Waals surface area contributed by atoms with Gasteiger partial charge in [0.2, 0.25) is 0 Å². The van der Waals surface area contributed by atoms with Gasteiger partial charge in [-0.25, -0.2) is 0 Å². The average molecular weight is 1070 g/mol. The van der Waals surface area contributed by atoms with Crippen molar-refractivity contribution in [2.24, 2.45) is 0 Å². The first kappa shape index (κ1) is 73.1. The number of hydrogen-bond acceptors (Lipinski definition) is 6. The van der Waals surface area contributed by atoms with Crippen molar-refractivity contribution in [3.63, 3.8) is 0 Å². The van der Waals surface area contributed by atoms with Gasteiger partial charge in [-0.1, -0.05) is 284 Å². The standard InChI is InChI=1S/C71H120O6/c1-4-7-10-13-16-19-22-25-28-30-32-33-34-35-36-37-38-39-40-42-43-46-49-52-55-58-61-64-70(73)76-67-68(66-75-69(72)63-60-57-54-51-48-45-27-24-21-18-15-12-9-6-3)77-71(74)65-62-59-56-53-50-47-44-41-31-29-26-23-20-17-14-11-8-5-2/h7,10,16,19,24-25,27-28,32-33,35-36,38-39,42-43,49,52,68H,4-6,8-9,11-15,17-18,20-23,26,29-31,34,37,40-41,44-48,50-51,53-67H2,1-3H3/b10-7-,19-16-,27-24-,28-25-,33-32-,36-35-,39-38-,43-42-,52-49-. The quantitative estimate of drug-likeness (QED) is 0.0261. The molecule has 77 heavy (non-hydrogen) atoms. The van der Waals surface area contributed by atoms with E-state index in [2.05, 4.69) is 130 Å². The van der Waals surface area contributed by atoms with Crippen LogP contribution in [0.1, 0.15) is 303 Å². The minimum absolute atomic E-state index is 0.0947. The molecule has 0 aliphatic heterocycles. The molecule has 0 saturated carbocycles. The minimum Gasteiger partial charge on any atom is -0.462 e. The van der Waals surface area contributed by atoms with Gasteiger partial charge < -0.3 is 14.2 Å². The Bertz CT molecular complexity index is 1560. The Morgan fingerprint density at radius 3 is 0.831 bits per heavy atom. The van der Waals surface area contributed by atoms with Gasteiger partial charge in [-0.3, -0.25) is 14.4 Å². The van der Waals surface area contributed by atoms with E-state index in [0.717, 1.165) is 116 Å². The Hall–Kier alpha value is -3.93. The van der Waals surface area contributed by atoms with Crippen LogP contribution in [0.25, 0.3) is 0 Å². The molecule has 0 bridgehead atoms. The molecule has 1 atom stereocenters. The van der Waals surface area contributed by atoms with Crippen LogP contribution in [0.5, 0.6) is 0 Å². The first-order valence-corrected chi connectivity index (χ1v) is 32.4. The first-order valence-electron chi connectivity index (χ1n) is 32.4. The molecule has 6 heteroatoms. The van der Waals surface area contributed by atoms with E-state index >= 15 is 0 Å².